The van der Waals surface area contributed by atoms with Gasteiger partial charge in [0, 0.05) is 19.8 Å². The fourth-order valence-corrected chi connectivity index (χ4v) is 6.10. The number of nitrogens with zero attached hydrogens (tertiary/aromatic N) is 5. The van der Waals surface area contributed by atoms with Crippen molar-refractivity contribution in [3.8, 4) is 0 Å². The number of nitrogens with one attached hydrogen (secondary N) is 1. The van der Waals surface area contributed by atoms with Gasteiger partial charge in [0.25, 0.3) is 0 Å². The number of fused-ring (bicyclic) bond motifs is 1. The molecule has 0 saturated carbocycles. The van der Waals surface area contributed by atoms with Gasteiger partial charge in [-0.3, -0.25) is 9.36 Å². The predicted octanol–water partition coefficient (Wildman–Crippen LogP) is 1.48. The highest BCUT2D eigenvalue weighted by molar-refractivity contribution is 7.99. The molecule has 0 unspecified atom stereocenters. The van der Waals surface area contributed by atoms with Gasteiger partial charge >= 0.3 is 0 Å². The first kappa shape index (κ1) is 28.0. The molecule has 1 aliphatic rings. The summed E-state index contributed by atoms with van der Waals surface area (Å²) in [6, 6.07) is 18.4. The van der Waals surface area contributed by atoms with E-state index in [1.807, 2.05) is 55.4 Å². The number of benzene rings is 2. The number of hydrogen-bond acceptors (Lipinski definition) is 10. The molecule has 2 aromatic carbocycles. The van der Waals surface area contributed by atoms with Gasteiger partial charge in [-0.05, 0) is 11.1 Å². The van der Waals surface area contributed by atoms with E-state index in [4.69, 9.17) is 10.5 Å². The third-order valence-corrected chi connectivity index (χ3v) is 8.31. The van der Waals surface area contributed by atoms with E-state index in [1.165, 1.54) is 12.7 Å². The van der Waals surface area contributed by atoms with Crippen LogP contribution in [0.3, 0.4) is 0 Å². The number of amides is 1. The van der Waals surface area contributed by atoms with Crippen LogP contribution in [0.2, 0.25) is 0 Å². The maximum Gasteiger partial charge on any atom is 0.238 e. The van der Waals surface area contributed by atoms with E-state index in [-0.39, 0.29) is 5.25 Å². The number of aliphatic hydroxyl groups is 2. The topological polar surface area (TPSA) is 152 Å². The van der Waals surface area contributed by atoms with Gasteiger partial charge in [-0.1, -0.05) is 60.7 Å². The zero-order valence-corrected chi connectivity index (χ0v) is 23.1. The maximum absolute atomic E-state index is 13.2. The fraction of sp³-hybridized carbons (Fsp3) is 0.357. The lowest BCUT2D eigenvalue weighted by atomic mass is 10.0. The number of thioether (sulfide) groups is 1. The first-order valence-electron chi connectivity index (χ1n) is 13.0. The average molecular weight is 564 g/mol. The van der Waals surface area contributed by atoms with Crippen LogP contribution in [0, 0.1) is 0 Å². The highest BCUT2D eigenvalue weighted by Gasteiger charge is 2.46. The number of carbonyl (C=O) groups is 1. The first-order valence-corrected chi connectivity index (χ1v) is 14.0. The van der Waals surface area contributed by atoms with Crippen LogP contribution in [0.4, 0.5) is 5.82 Å². The number of hydrogen-bond donors (Lipinski definition) is 4. The molecule has 5 N–H and O–H groups in total. The second-order valence-corrected chi connectivity index (χ2v) is 11.0. The largest absolute Gasteiger partial charge is 0.394 e. The van der Waals surface area contributed by atoms with Crippen LogP contribution >= 0.6 is 11.8 Å². The van der Waals surface area contributed by atoms with E-state index < -0.39 is 43.0 Å². The van der Waals surface area contributed by atoms with Crippen LogP contribution in [0.1, 0.15) is 22.6 Å². The van der Waals surface area contributed by atoms with Gasteiger partial charge in [0.2, 0.25) is 5.91 Å². The summed E-state index contributed by atoms with van der Waals surface area (Å²) >= 11 is 1.57. The Hall–Kier alpha value is -3.55. The van der Waals surface area contributed by atoms with E-state index >= 15 is 0 Å². The summed E-state index contributed by atoms with van der Waals surface area (Å²) in [5, 5.41) is 24.0. The molecular formula is C28H33N7O4S. The molecule has 5 atom stereocenters. The van der Waals surface area contributed by atoms with Crippen molar-refractivity contribution in [3.05, 3.63) is 84.4 Å². The van der Waals surface area contributed by atoms with Gasteiger partial charge in [0.15, 0.2) is 23.2 Å². The van der Waals surface area contributed by atoms with E-state index in [1.54, 1.807) is 16.3 Å². The molecule has 5 rings (SSSR count). The summed E-state index contributed by atoms with van der Waals surface area (Å²) in [6.45, 7) is -0.406. The predicted molar refractivity (Wildman–Crippen MR) is 154 cm³/mol. The van der Waals surface area contributed by atoms with Gasteiger partial charge in [0.1, 0.15) is 18.5 Å². The molecule has 0 spiro atoms. The van der Waals surface area contributed by atoms with Crippen molar-refractivity contribution in [2.75, 3.05) is 31.4 Å². The Labute approximate surface area is 236 Å². The Morgan fingerprint density at radius 2 is 1.75 bits per heavy atom. The monoisotopic (exact) mass is 563 g/mol. The molecule has 0 aliphatic carbocycles. The quantitative estimate of drug-likeness (QED) is 0.223. The molecule has 4 aromatic rings. The highest BCUT2D eigenvalue weighted by atomic mass is 32.2. The van der Waals surface area contributed by atoms with Crippen molar-refractivity contribution >= 4 is 34.7 Å². The van der Waals surface area contributed by atoms with E-state index in [2.05, 4.69) is 44.5 Å². The Morgan fingerprint density at radius 3 is 2.35 bits per heavy atom. The van der Waals surface area contributed by atoms with Crippen LogP contribution in [-0.2, 0) is 9.53 Å². The number of nitrogens with two attached hydrogens (primary N) is 1. The number of imidazole rings is 1. The first-order chi connectivity index (χ1) is 19.4. The summed E-state index contributed by atoms with van der Waals surface area (Å²) in [5.41, 5.74) is 9.56. The number of rotatable bonds is 10. The van der Waals surface area contributed by atoms with Crippen LogP contribution in [-0.4, -0.2) is 86.4 Å². The van der Waals surface area contributed by atoms with Crippen molar-refractivity contribution in [2.24, 2.45) is 5.73 Å². The Morgan fingerprint density at radius 1 is 1.10 bits per heavy atom. The number of anilines is 1. The average Bonchev–Trinajstić information content (AvgIpc) is 3.54. The summed E-state index contributed by atoms with van der Waals surface area (Å²) in [6.07, 6.45) is -0.0394. The van der Waals surface area contributed by atoms with Gasteiger partial charge in [0.05, 0.1) is 30.3 Å². The third-order valence-electron chi connectivity index (χ3n) is 6.88. The molecule has 11 nitrogen and oxygen atoms in total. The summed E-state index contributed by atoms with van der Waals surface area (Å²) < 4.78 is 7.56. The molecule has 1 aliphatic heterocycles. The second-order valence-electron chi connectivity index (χ2n) is 9.83. The summed E-state index contributed by atoms with van der Waals surface area (Å²) in [5.74, 6) is 0.521. The number of ether oxygens (including phenoxy) is 1. The zero-order valence-electron chi connectivity index (χ0n) is 22.2. The summed E-state index contributed by atoms with van der Waals surface area (Å²) in [7, 11) is 3.69. The van der Waals surface area contributed by atoms with Crippen molar-refractivity contribution in [1.82, 2.24) is 24.8 Å². The maximum atomic E-state index is 13.2. The van der Waals surface area contributed by atoms with Crippen molar-refractivity contribution in [2.45, 2.75) is 35.8 Å². The molecule has 0 radical (unpaired) electrons. The number of aliphatic hydroxyl groups excluding tert-OH is 2. The molecule has 2 aromatic heterocycles. The van der Waals surface area contributed by atoms with Gasteiger partial charge in [-0.25, -0.2) is 15.0 Å². The van der Waals surface area contributed by atoms with Crippen LogP contribution in [0.5, 0.6) is 0 Å². The van der Waals surface area contributed by atoms with Gasteiger partial charge in [-0.2, -0.15) is 0 Å². The van der Waals surface area contributed by atoms with E-state index in [9.17, 15) is 15.0 Å². The molecule has 1 saturated heterocycles. The van der Waals surface area contributed by atoms with Gasteiger partial charge < -0.3 is 30.9 Å². The lowest BCUT2D eigenvalue weighted by molar-refractivity contribution is -0.123. The van der Waals surface area contributed by atoms with Crippen molar-refractivity contribution < 1.29 is 19.7 Å². The Kier molecular flexibility index (Phi) is 8.62. The minimum Gasteiger partial charge on any atom is -0.394 e. The molecule has 40 heavy (non-hydrogen) atoms. The SMILES string of the molecule is CN(C)c1ncnc2c1ncn2[C@@H]1O[C@H](CO)[C@@H](NC(=O)[C@@H](N)CSC(c2ccccc2)c2ccccc2)[C@H]1O. The minimum absolute atomic E-state index is 0.000191. The number of aromatic nitrogens is 4. The molecular weight excluding hydrogens is 530 g/mol. The zero-order chi connectivity index (χ0) is 28.2. The molecule has 3 heterocycles. The minimum atomic E-state index is -1.18. The third kappa shape index (κ3) is 5.67. The van der Waals surface area contributed by atoms with E-state index in [0.29, 0.717) is 22.7 Å². The Bertz CT molecular complexity index is 1380. The lowest BCUT2D eigenvalue weighted by Gasteiger charge is -2.24. The molecule has 1 amide bonds. The van der Waals surface area contributed by atoms with Crippen molar-refractivity contribution in [1.29, 1.82) is 0 Å². The Balaban J connectivity index is 1.28. The second kappa shape index (κ2) is 12.3. The van der Waals surface area contributed by atoms with Crippen LogP contribution < -0.4 is 16.0 Å². The number of carbonyl (C=O) groups excluding carboxylic acids is 1. The molecule has 12 heteroatoms. The summed E-state index contributed by atoms with van der Waals surface area (Å²) in [4.78, 5) is 28.0. The molecule has 210 valence electrons. The fourth-order valence-electron chi connectivity index (χ4n) is 4.85. The molecule has 0 bridgehead atoms. The van der Waals surface area contributed by atoms with Crippen LogP contribution in [0.25, 0.3) is 11.2 Å². The van der Waals surface area contributed by atoms with Crippen molar-refractivity contribution in [3.63, 3.8) is 0 Å². The van der Waals surface area contributed by atoms with E-state index in [0.717, 1.165) is 11.1 Å². The smallest absolute Gasteiger partial charge is 0.238 e. The lowest BCUT2D eigenvalue weighted by Crippen LogP contribution is -2.53. The molecule has 1 fully saturated rings. The van der Waals surface area contributed by atoms with Gasteiger partial charge in [-0.15, -0.1) is 11.8 Å². The normalized spacial score (nSPS) is 21.6. The van der Waals surface area contributed by atoms with Crippen LogP contribution in [0.15, 0.2) is 73.3 Å². The standard InChI is InChI=1S/C28H33N7O4S/c1-34(2)25-22-26(31-15-30-25)35(16-32-22)28-23(37)21(20(13-36)39-28)33-27(38)19(29)14-40-24(17-9-5-3-6-10-17)18-11-7-4-8-12-18/h3-12,15-16,19-21,23-24,28,36-37H,13-14,29H2,1-2H3,(H,33,38)/t19-,20+,21+,23+,28+/m0/s1. The highest BCUT2D eigenvalue weighted by Crippen LogP contribution is 2.36.